The molecule has 5 radical (unpaired) electrons. The maximum absolute atomic E-state index is 5.61. The van der Waals surface area contributed by atoms with Gasteiger partial charge in [0.25, 0.3) is 0 Å². The Balaban J connectivity index is -0.0000000725. The Kier molecular flexibility index (Phi) is 87.4. The minimum Gasteiger partial charge on any atom is -0.410 e. The van der Waals surface area contributed by atoms with E-state index in [0.717, 1.165) is 66.4 Å². The van der Waals surface area contributed by atoms with Gasteiger partial charge in [-0.05, 0) is 57.6 Å². The Bertz CT molecular complexity index is 1010. The molecule has 0 bridgehead atoms. The third kappa shape index (κ3) is 41.9. The number of hydrogen-bond donors (Lipinski definition) is 0. The standard InChI is InChI=1S/C13H17BN3.C10H12BN2.C7H15N.C3H8.C2H6B.4C2H6.2CH4.2Y/c1-3-11-10-15-12(9-14-2)16-13(11)17-7-5-4-6-8-17;1-4-8-7-12-10(6-11-3)13-9(8)5-2;1-2-8-6-4-3-5-7-8;2*1-3-2;4*1-2;;;;/h1,3H,4-9H2,2H3;1,4H,5-6H2,2-3H3;2-7H2,1H3;3H2,1-2H3;1-2H3;4*1-2H3;2*1H4;;/q2*-2;;;;;;;;;;;. The van der Waals surface area contributed by atoms with Crippen LogP contribution in [0.2, 0.25) is 27.3 Å². The Morgan fingerprint density at radius 3 is 1.29 bits per heavy atom. The molecule has 319 valence electrons. The molecule has 56 heavy (non-hydrogen) atoms. The van der Waals surface area contributed by atoms with E-state index in [4.69, 9.17) is 13.2 Å². The van der Waals surface area contributed by atoms with Gasteiger partial charge in [0.05, 0.1) is 0 Å². The molecule has 2 aliphatic rings. The maximum Gasteiger partial charge on any atom is 0.104 e. The van der Waals surface area contributed by atoms with Crippen LogP contribution in [0.4, 0.5) is 5.82 Å². The predicted molar refractivity (Wildman–Crippen MR) is 254 cm³/mol. The number of piperidine rings is 2. The van der Waals surface area contributed by atoms with Crippen LogP contribution in [0, 0.1) is 25.6 Å². The molecule has 0 unspecified atom stereocenters. The molecule has 2 aromatic heterocycles. The molecule has 0 N–H and O–H groups in total. The molecule has 11 heteroatoms. The number of aromatic nitrogens is 4. The summed E-state index contributed by atoms with van der Waals surface area (Å²) in [5.41, 5.74) is 2.59. The van der Waals surface area contributed by atoms with E-state index in [1.54, 1.807) is 6.08 Å². The average molecular weight is 926 g/mol. The van der Waals surface area contributed by atoms with Gasteiger partial charge in [0.1, 0.15) is 21.8 Å². The van der Waals surface area contributed by atoms with Crippen LogP contribution in [0.5, 0.6) is 0 Å². The van der Waals surface area contributed by atoms with Crippen LogP contribution < -0.4 is 4.90 Å². The van der Waals surface area contributed by atoms with Gasteiger partial charge in [-0.25, -0.2) is 5.56 Å². The van der Waals surface area contributed by atoms with Crippen molar-refractivity contribution >= 4 is 39.8 Å². The van der Waals surface area contributed by atoms with Crippen molar-refractivity contribution in [2.75, 3.05) is 37.6 Å². The summed E-state index contributed by atoms with van der Waals surface area (Å²) in [5.74, 6) is 2.57. The monoisotopic (exact) mass is 926 g/mol. The van der Waals surface area contributed by atoms with Crippen molar-refractivity contribution in [2.45, 2.75) is 189 Å². The van der Waals surface area contributed by atoms with E-state index in [9.17, 15) is 0 Å². The number of aryl methyl sites for hydroxylation is 1. The fourth-order valence-electron chi connectivity index (χ4n) is 4.50. The molecule has 2 aromatic rings. The second kappa shape index (κ2) is 64.0. The van der Waals surface area contributed by atoms with Gasteiger partial charge in [-0.1, -0.05) is 157 Å². The maximum atomic E-state index is 5.61. The van der Waals surface area contributed by atoms with Crippen LogP contribution in [0.15, 0.2) is 0 Å². The summed E-state index contributed by atoms with van der Waals surface area (Å²) in [4.78, 5) is 22.0. The molecule has 2 aliphatic heterocycles. The zero-order valence-corrected chi connectivity index (χ0v) is 44.2. The number of hydrogen-bond acceptors (Lipinski definition) is 6. The van der Waals surface area contributed by atoms with Gasteiger partial charge in [0, 0.05) is 90.2 Å². The van der Waals surface area contributed by atoms with Gasteiger partial charge >= 0.3 is 0 Å². The van der Waals surface area contributed by atoms with E-state index < -0.39 is 0 Å². The number of nitrogens with zero attached hydrogens (tertiary/aromatic N) is 6. The van der Waals surface area contributed by atoms with Crippen LogP contribution in [-0.4, -0.2) is 79.4 Å². The first-order valence-corrected chi connectivity index (χ1v) is 20.9. The predicted octanol–water partition coefficient (Wildman–Crippen LogP) is 12.6. The van der Waals surface area contributed by atoms with E-state index in [1.165, 1.54) is 70.7 Å². The third-order valence-corrected chi connectivity index (χ3v) is 6.65. The molecular weight excluding hydrogens is 835 g/mol. The van der Waals surface area contributed by atoms with Crippen molar-refractivity contribution in [2.24, 2.45) is 0 Å². The first-order chi connectivity index (χ1) is 25.4. The molecule has 2 saturated heterocycles. The summed E-state index contributed by atoms with van der Waals surface area (Å²) < 4.78 is 0. The quantitative estimate of drug-likeness (QED) is 0.184. The first kappa shape index (κ1) is 76.5. The van der Waals surface area contributed by atoms with Gasteiger partial charge in [-0.15, -0.1) is 18.1 Å². The summed E-state index contributed by atoms with van der Waals surface area (Å²) in [5, 5.41) is 0. The zero-order valence-electron chi connectivity index (χ0n) is 38.5. The summed E-state index contributed by atoms with van der Waals surface area (Å²) in [7, 11) is 6.07. The van der Waals surface area contributed by atoms with E-state index in [1.807, 2.05) is 104 Å². The van der Waals surface area contributed by atoms with Crippen molar-refractivity contribution in [3.05, 3.63) is 54.0 Å². The van der Waals surface area contributed by atoms with Gasteiger partial charge < -0.3 is 55.0 Å². The van der Waals surface area contributed by atoms with E-state index in [-0.39, 0.29) is 80.3 Å². The molecule has 6 nitrogen and oxygen atoms in total. The summed E-state index contributed by atoms with van der Waals surface area (Å²) >= 11 is 0. The largest absolute Gasteiger partial charge is 0.410 e. The summed E-state index contributed by atoms with van der Waals surface area (Å²) in [6, 6.07) is 0. The van der Waals surface area contributed by atoms with Crippen LogP contribution in [0.25, 0.3) is 12.2 Å². The molecule has 0 amide bonds. The van der Waals surface area contributed by atoms with Crippen LogP contribution >= 0.6 is 0 Å². The smallest absolute Gasteiger partial charge is 0.104 e. The second-order valence-corrected chi connectivity index (χ2v) is 10.8. The Morgan fingerprint density at radius 1 is 0.607 bits per heavy atom. The molecule has 0 aliphatic carbocycles. The fraction of sp³-hybridized carbons (Fsp3) is 0.733. The third-order valence-electron chi connectivity index (χ3n) is 6.65. The van der Waals surface area contributed by atoms with E-state index in [0.29, 0.717) is 0 Å². The number of anilines is 1. The molecular formula is C45H90B3N6Y2-4. The Hall–Kier alpha value is -0.197. The molecule has 4 rings (SSSR count). The van der Waals surface area contributed by atoms with Crippen molar-refractivity contribution in [1.82, 2.24) is 24.8 Å². The van der Waals surface area contributed by atoms with Crippen molar-refractivity contribution < 1.29 is 65.4 Å². The summed E-state index contributed by atoms with van der Waals surface area (Å²) in [6.07, 6.45) is 20.6. The molecule has 0 saturated carbocycles. The molecule has 4 heterocycles. The van der Waals surface area contributed by atoms with E-state index in [2.05, 4.69) is 70.2 Å². The molecule has 2 fully saturated rings. The zero-order chi connectivity index (χ0) is 41.0. The minimum absolute atomic E-state index is 0. The topological polar surface area (TPSA) is 58.0 Å². The van der Waals surface area contributed by atoms with Crippen LogP contribution in [0.1, 0.15) is 171 Å². The van der Waals surface area contributed by atoms with Gasteiger partial charge in [-0.3, -0.25) is 5.56 Å². The van der Waals surface area contributed by atoms with Crippen LogP contribution in [0.3, 0.4) is 0 Å². The summed E-state index contributed by atoms with van der Waals surface area (Å²) in [6.45, 7) is 49.6. The molecule has 0 spiro atoms. The van der Waals surface area contributed by atoms with E-state index >= 15 is 0 Å². The molecule has 0 atom stereocenters. The first-order valence-electron chi connectivity index (χ1n) is 20.9. The van der Waals surface area contributed by atoms with Crippen LogP contribution in [-0.2, 0) is 84.5 Å². The van der Waals surface area contributed by atoms with Crippen molar-refractivity contribution in [3.63, 3.8) is 0 Å². The number of rotatable bonds is 9. The average Bonchev–Trinajstić information content (AvgIpc) is 3.23. The second-order valence-electron chi connectivity index (χ2n) is 10.8. The minimum atomic E-state index is 0. The normalized spacial score (nSPS) is 11.4. The Morgan fingerprint density at radius 2 is 0.964 bits per heavy atom. The van der Waals surface area contributed by atoms with Gasteiger partial charge in [-0.2, -0.15) is 0 Å². The van der Waals surface area contributed by atoms with Gasteiger partial charge in [0.15, 0.2) is 0 Å². The molecule has 0 aromatic carbocycles. The Labute approximate surface area is 407 Å². The SMILES string of the molecule is C.C.CC.CC.CC.CC.CCC.CCN1CCCCC1.C[B]C.[CH-]=Cc1[c-]nc(C[B]C)nc1CC.[CH-]=Cc1[c-]nc(C[B]C)nc1N1CCCCC1.[Y].[Y]. The van der Waals surface area contributed by atoms with Crippen molar-refractivity contribution in [3.8, 4) is 0 Å². The van der Waals surface area contributed by atoms with Gasteiger partial charge in [0.2, 0.25) is 0 Å². The fourth-order valence-corrected chi connectivity index (χ4v) is 4.50. The number of likely N-dealkylation sites (tertiary alicyclic amines) is 1. The van der Waals surface area contributed by atoms with Crippen molar-refractivity contribution in [1.29, 1.82) is 0 Å².